The fourth-order valence-corrected chi connectivity index (χ4v) is 0.609. The van der Waals surface area contributed by atoms with E-state index in [1.807, 2.05) is 6.92 Å². The van der Waals surface area contributed by atoms with Crippen LogP contribution in [0.1, 0.15) is 33.1 Å². The zero-order chi connectivity index (χ0) is 7.82. The third-order valence-corrected chi connectivity index (χ3v) is 1.20. The summed E-state index contributed by atoms with van der Waals surface area (Å²) in [7, 11) is 0. The van der Waals surface area contributed by atoms with Crippen LogP contribution in [0.4, 0.5) is 0 Å². The van der Waals surface area contributed by atoms with Crippen LogP contribution in [-0.4, -0.2) is 12.4 Å². The molecule has 0 saturated heterocycles. The van der Waals surface area contributed by atoms with Crippen LogP contribution < -0.4 is 5.53 Å². The average Bonchev–Trinajstić information content (AvgIpc) is 1.97. The van der Waals surface area contributed by atoms with Crippen molar-refractivity contribution in [3.05, 3.63) is 0 Å². The fourth-order valence-electron chi connectivity index (χ4n) is 0.609. The van der Waals surface area contributed by atoms with Gasteiger partial charge in [-0.05, 0) is 19.8 Å². The largest absolute Gasteiger partial charge is 0.199 e. The van der Waals surface area contributed by atoms with Gasteiger partial charge in [-0.2, -0.15) is 15.7 Å². The maximum Gasteiger partial charge on any atom is 0.0368 e. The molecule has 0 saturated carbocycles. The van der Waals surface area contributed by atoms with E-state index in [-0.39, 0.29) is 0 Å². The number of hydrazone groups is 2. The van der Waals surface area contributed by atoms with Crippen LogP contribution >= 0.6 is 0 Å². The smallest absolute Gasteiger partial charge is 0.0368 e. The molecule has 0 aliphatic rings. The predicted octanol–water partition coefficient (Wildman–Crippen LogP) is 1.76. The van der Waals surface area contributed by atoms with Gasteiger partial charge in [0.25, 0.3) is 0 Å². The molecule has 0 amide bonds. The lowest BCUT2D eigenvalue weighted by atomic mass is 10.2. The molecule has 0 aromatic carbocycles. The van der Waals surface area contributed by atoms with E-state index in [1.54, 1.807) is 0 Å². The zero-order valence-electron chi connectivity index (χ0n) is 6.72. The molecule has 0 unspecified atom stereocenters. The van der Waals surface area contributed by atoms with Crippen molar-refractivity contribution >= 4 is 12.4 Å². The Morgan fingerprint density at radius 3 is 2.80 bits per heavy atom. The standard InChI is InChI=1S/C7H15N3/c1-4-5-6-7(2)9-10-8-3/h10H,3-6H2,1-2H3/b9-7-. The Hall–Kier alpha value is -0.860. The molecule has 58 valence electrons. The monoisotopic (exact) mass is 141 g/mol. The van der Waals surface area contributed by atoms with Gasteiger partial charge in [0.2, 0.25) is 0 Å². The first-order valence-electron chi connectivity index (χ1n) is 3.55. The summed E-state index contributed by atoms with van der Waals surface area (Å²) in [5, 5.41) is 7.31. The highest BCUT2D eigenvalue weighted by molar-refractivity contribution is 5.81. The summed E-state index contributed by atoms with van der Waals surface area (Å²) in [5.74, 6) is 0. The molecule has 0 rings (SSSR count). The van der Waals surface area contributed by atoms with E-state index in [2.05, 4.69) is 29.4 Å². The van der Waals surface area contributed by atoms with Crippen LogP contribution in [0.25, 0.3) is 0 Å². The second-order valence-electron chi connectivity index (χ2n) is 2.21. The maximum atomic E-state index is 3.92. The van der Waals surface area contributed by atoms with Crippen LogP contribution in [0.3, 0.4) is 0 Å². The van der Waals surface area contributed by atoms with Crippen molar-refractivity contribution in [1.82, 2.24) is 5.53 Å². The minimum Gasteiger partial charge on any atom is -0.199 e. The van der Waals surface area contributed by atoms with Crippen molar-refractivity contribution in [2.75, 3.05) is 0 Å². The Kier molecular flexibility index (Phi) is 5.72. The Balaban J connectivity index is 3.38. The first kappa shape index (κ1) is 9.14. The summed E-state index contributed by atoms with van der Waals surface area (Å²) in [6.45, 7) is 7.38. The Morgan fingerprint density at radius 1 is 1.60 bits per heavy atom. The van der Waals surface area contributed by atoms with Gasteiger partial charge in [-0.1, -0.05) is 13.3 Å². The maximum absolute atomic E-state index is 3.92. The van der Waals surface area contributed by atoms with Gasteiger partial charge < -0.3 is 0 Å². The van der Waals surface area contributed by atoms with E-state index in [4.69, 9.17) is 0 Å². The normalized spacial score (nSPS) is 11.2. The molecule has 0 aromatic heterocycles. The van der Waals surface area contributed by atoms with Crippen molar-refractivity contribution in [2.24, 2.45) is 10.2 Å². The second kappa shape index (κ2) is 6.26. The van der Waals surface area contributed by atoms with Crippen LogP contribution in [0.15, 0.2) is 10.2 Å². The molecule has 3 heteroatoms. The van der Waals surface area contributed by atoms with Gasteiger partial charge in [0.05, 0.1) is 0 Å². The van der Waals surface area contributed by atoms with Gasteiger partial charge in [0.15, 0.2) is 0 Å². The lowest BCUT2D eigenvalue weighted by Crippen LogP contribution is -2.00. The molecule has 0 aliphatic heterocycles. The van der Waals surface area contributed by atoms with Crippen molar-refractivity contribution < 1.29 is 0 Å². The quantitative estimate of drug-likeness (QED) is 0.459. The van der Waals surface area contributed by atoms with Crippen LogP contribution in [0.2, 0.25) is 0 Å². The number of nitrogens with zero attached hydrogens (tertiary/aromatic N) is 2. The summed E-state index contributed by atoms with van der Waals surface area (Å²) >= 11 is 0. The van der Waals surface area contributed by atoms with Crippen molar-refractivity contribution in [3.63, 3.8) is 0 Å². The third kappa shape index (κ3) is 5.28. The molecular formula is C7H15N3. The molecule has 0 bridgehead atoms. The van der Waals surface area contributed by atoms with Gasteiger partial charge in [-0.15, -0.1) is 0 Å². The summed E-state index contributed by atoms with van der Waals surface area (Å²) in [4.78, 5) is 0. The first-order valence-corrected chi connectivity index (χ1v) is 3.55. The van der Waals surface area contributed by atoms with Gasteiger partial charge in [-0.25, -0.2) is 0 Å². The van der Waals surface area contributed by atoms with Crippen molar-refractivity contribution in [3.8, 4) is 0 Å². The summed E-state index contributed by atoms with van der Waals surface area (Å²) in [5.41, 5.74) is 3.54. The molecule has 0 fully saturated rings. The van der Waals surface area contributed by atoms with Crippen LogP contribution in [0, 0.1) is 0 Å². The Bertz CT molecular complexity index is 118. The minimum absolute atomic E-state index is 1.04. The lowest BCUT2D eigenvalue weighted by molar-refractivity contribution is 0.784. The van der Waals surface area contributed by atoms with Gasteiger partial charge in [0.1, 0.15) is 0 Å². The summed E-state index contributed by atoms with van der Waals surface area (Å²) < 4.78 is 0. The average molecular weight is 141 g/mol. The first-order chi connectivity index (χ1) is 4.81. The molecule has 0 aliphatic carbocycles. The van der Waals surface area contributed by atoms with E-state index in [0.717, 1.165) is 12.1 Å². The lowest BCUT2D eigenvalue weighted by Gasteiger charge is -1.96. The van der Waals surface area contributed by atoms with E-state index in [0.29, 0.717) is 0 Å². The number of rotatable bonds is 5. The van der Waals surface area contributed by atoms with Crippen LogP contribution in [0.5, 0.6) is 0 Å². The highest BCUT2D eigenvalue weighted by Crippen LogP contribution is 1.95. The molecule has 0 spiro atoms. The van der Waals surface area contributed by atoms with E-state index >= 15 is 0 Å². The molecule has 3 nitrogen and oxygen atoms in total. The van der Waals surface area contributed by atoms with E-state index in [1.165, 1.54) is 12.8 Å². The number of hydrogen-bond donors (Lipinski definition) is 1. The fraction of sp³-hybridized carbons (Fsp3) is 0.714. The van der Waals surface area contributed by atoms with Crippen LogP contribution in [-0.2, 0) is 0 Å². The molecule has 10 heavy (non-hydrogen) atoms. The highest BCUT2D eigenvalue weighted by atomic mass is 15.5. The molecule has 0 aromatic rings. The predicted molar refractivity (Wildman–Crippen MR) is 45.3 cm³/mol. The van der Waals surface area contributed by atoms with Gasteiger partial charge >= 0.3 is 0 Å². The highest BCUT2D eigenvalue weighted by Gasteiger charge is 1.88. The second-order valence-corrected chi connectivity index (χ2v) is 2.21. The van der Waals surface area contributed by atoms with Gasteiger partial charge in [0, 0.05) is 12.4 Å². The number of nitrogens with one attached hydrogen (secondary N) is 1. The molecule has 0 heterocycles. The minimum atomic E-state index is 1.04. The van der Waals surface area contributed by atoms with Crippen molar-refractivity contribution in [2.45, 2.75) is 33.1 Å². The molecule has 0 atom stereocenters. The molecule has 0 radical (unpaired) electrons. The zero-order valence-corrected chi connectivity index (χ0v) is 6.72. The Morgan fingerprint density at radius 2 is 2.30 bits per heavy atom. The van der Waals surface area contributed by atoms with Gasteiger partial charge in [-0.3, -0.25) is 0 Å². The third-order valence-electron chi connectivity index (χ3n) is 1.20. The summed E-state index contributed by atoms with van der Waals surface area (Å²) in [6, 6.07) is 0. The summed E-state index contributed by atoms with van der Waals surface area (Å²) in [6.07, 6.45) is 3.43. The Labute approximate surface area is 62.2 Å². The SMILES string of the molecule is C=NN/N=C(/C)CCCC. The van der Waals surface area contributed by atoms with E-state index in [9.17, 15) is 0 Å². The molecule has 1 N–H and O–H groups in total. The number of unbranched alkanes of at least 4 members (excludes halogenated alkanes) is 1. The molecular weight excluding hydrogens is 126 g/mol. The topological polar surface area (TPSA) is 36.8 Å². The number of hydrogen-bond acceptors (Lipinski definition) is 3. The van der Waals surface area contributed by atoms with E-state index < -0.39 is 0 Å². The van der Waals surface area contributed by atoms with Crippen molar-refractivity contribution in [1.29, 1.82) is 0 Å².